The number of hydrogen-bond donors (Lipinski definition) is 3. The average molecular weight is 429 g/mol. The number of benzene rings is 2. The molecule has 0 aliphatic carbocycles. The molecule has 0 radical (unpaired) electrons. The second-order valence-electron chi connectivity index (χ2n) is 7.98. The van der Waals surface area contributed by atoms with Crippen molar-refractivity contribution in [3.63, 3.8) is 0 Å². The highest BCUT2D eigenvalue weighted by atomic mass is 19.1. The molecule has 8 heteroatoms. The first-order valence-electron chi connectivity index (χ1n) is 10.0. The maximum absolute atomic E-state index is 12.9. The summed E-state index contributed by atoms with van der Waals surface area (Å²) in [4.78, 5) is 35.8. The molecule has 0 spiro atoms. The van der Waals surface area contributed by atoms with Crippen LogP contribution in [-0.4, -0.2) is 30.1 Å². The molecule has 0 saturated carbocycles. The highest BCUT2D eigenvalue weighted by Gasteiger charge is 2.16. The molecule has 2 aromatic rings. The van der Waals surface area contributed by atoms with Crippen molar-refractivity contribution in [2.24, 2.45) is 0 Å². The molecule has 3 N–H and O–H groups in total. The van der Waals surface area contributed by atoms with Crippen LogP contribution in [0.15, 0.2) is 48.5 Å². The van der Waals surface area contributed by atoms with Gasteiger partial charge in [-0.25, -0.2) is 9.18 Å². The molecule has 2 aromatic carbocycles. The molecular weight excluding hydrogens is 401 g/mol. The molecule has 0 fully saturated rings. The zero-order valence-electron chi connectivity index (χ0n) is 18.0. The lowest BCUT2D eigenvalue weighted by Crippen LogP contribution is -2.34. The number of aryl methyl sites for hydroxylation is 1. The average Bonchev–Trinajstić information content (AvgIpc) is 2.66. The number of carbonyl (C=O) groups is 3. The lowest BCUT2D eigenvalue weighted by molar-refractivity contribution is -0.116. The first kappa shape index (κ1) is 23.9. The minimum Gasteiger partial charge on any atom is -0.444 e. The second-order valence-corrected chi connectivity index (χ2v) is 7.98. The van der Waals surface area contributed by atoms with Crippen molar-refractivity contribution in [3.8, 4) is 0 Å². The molecule has 3 amide bonds. The van der Waals surface area contributed by atoms with Crippen molar-refractivity contribution in [2.45, 2.75) is 45.6 Å². The van der Waals surface area contributed by atoms with Gasteiger partial charge in [0.15, 0.2) is 0 Å². The van der Waals surface area contributed by atoms with Crippen LogP contribution >= 0.6 is 0 Å². The molecule has 2 rings (SSSR count). The van der Waals surface area contributed by atoms with Gasteiger partial charge in [0.1, 0.15) is 11.4 Å². The highest BCUT2D eigenvalue weighted by Crippen LogP contribution is 2.16. The number of anilines is 2. The fourth-order valence-corrected chi connectivity index (χ4v) is 2.62. The first-order valence-corrected chi connectivity index (χ1v) is 10.0. The Morgan fingerprint density at radius 1 is 0.903 bits per heavy atom. The van der Waals surface area contributed by atoms with E-state index in [1.165, 1.54) is 12.1 Å². The third kappa shape index (κ3) is 9.75. The van der Waals surface area contributed by atoms with E-state index in [4.69, 9.17) is 4.74 Å². The Labute approximate surface area is 181 Å². The summed E-state index contributed by atoms with van der Waals surface area (Å²) in [7, 11) is 0. The molecular formula is C23H28FN3O4. The van der Waals surface area contributed by atoms with E-state index in [2.05, 4.69) is 16.0 Å². The zero-order valence-corrected chi connectivity index (χ0v) is 18.0. The number of alkyl carbamates (subject to hydrolysis) is 1. The van der Waals surface area contributed by atoms with Gasteiger partial charge in [-0.2, -0.15) is 0 Å². The predicted octanol–water partition coefficient (Wildman–Crippen LogP) is 4.25. The van der Waals surface area contributed by atoms with Crippen molar-refractivity contribution >= 4 is 29.3 Å². The predicted molar refractivity (Wildman–Crippen MR) is 117 cm³/mol. The van der Waals surface area contributed by atoms with Crippen LogP contribution in [0, 0.1) is 5.82 Å². The summed E-state index contributed by atoms with van der Waals surface area (Å²) >= 11 is 0. The Kier molecular flexibility index (Phi) is 8.54. The lowest BCUT2D eigenvalue weighted by Gasteiger charge is -2.19. The van der Waals surface area contributed by atoms with Gasteiger partial charge in [-0.3, -0.25) is 9.59 Å². The van der Waals surface area contributed by atoms with Crippen molar-refractivity contribution < 1.29 is 23.5 Å². The molecule has 31 heavy (non-hydrogen) atoms. The monoisotopic (exact) mass is 429 g/mol. The number of amides is 3. The molecule has 166 valence electrons. The fraction of sp³-hybridized carbons (Fsp3) is 0.348. The standard InChI is InChI=1S/C23H28FN3O4/c1-23(2,3)31-22(30)25-14-13-21(29)27-19-6-4-5-18(15-19)26-20(28)12-9-16-7-10-17(24)11-8-16/h4-8,10-11,15H,9,12-14H2,1-3H3,(H,25,30)(H,26,28)(H,27,29). The fourth-order valence-electron chi connectivity index (χ4n) is 2.62. The summed E-state index contributed by atoms with van der Waals surface area (Å²) in [6.45, 7) is 5.41. The number of carbonyl (C=O) groups excluding carboxylic acids is 3. The summed E-state index contributed by atoms with van der Waals surface area (Å²) < 4.78 is 18.0. The van der Waals surface area contributed by atoms with Crippen LogP contribution in [0.3, 0.4) is 0 Å². The Morgan fingerprint density at radius 3 is 2.06 bits per heavy atom. The van der Waals surface area contributed by atoms with E-state index in [0.29, 0.717) is 17.8 Å². The molecule has 0 saturated heterocycles. The van der Waals surface area contributed by atoms with E-state index in [9.17, 15) is 18.8 Å². The molecule has 0 aliphatic heterocycles. The van der Waals surface area contributed by atoms with Crippen LogP contribution in [0.25, 0.3) is 0 Å². The molecule has 0 aromatic heterocycles. The summed E-state index contributed by atoms with van der Waals surface area (Å²) in [5.41, 5.74) is 1.35. The second kappa shape index (κ2) is 11.1. The topological polar surface area (TPSA) is 96.5 Å². The maximum Gasteiger partial charge on any atom is 0.407 e. The van der Waals surface area contributed by atoms with E-state index in [-0.39, 0.29) is 37.0 Å². The molecule has 0 unspecified atom stereocenters. The van der Waals surface area contributed by atoms with E-state index in [1.54, 1.807) is 57.2 Å². The van der Waals surface area contributed by atoms with Gasteiger partial charge in [0.05, 0.1) is 0 Å². The molecule has 7 nitrogen and oxygen atoms in total. The Morgan fingerprint density at radius 2 is 1.48 bits per heavy atom. The lowest BCUT2D eigenvalue weighted by atomic mass is 10.1. The van der Waals surface area contributed by atoms with Gasteiger partial charge in [0.2, 0.25) is 11.8 Å². The maximum atomic E-state index is 12.9. The number of nitrogens with one attached hydrogen (secondary N) is 3. The molecule has 0 atom stereocenters. The normalized spacial score (nSPS) is 10.8. The van der Waals surface area contributed by atoms with Crippen LogP contribution in [0.1, 0.15) is 39.2 Å². The molecule has 0 aliphatic rings. The van der Waals surface area contributed by atoms with Gasteiger partial charge in [-0.15, -0.1) is 0 Å². The Bertz CT molecular complexity index is 908. The van der Waals surface area contributed by atoms with Gasteiger partial charge in [-0.05, 0) is 63.1 Å². The SMILES string of the molecule is CC(C)(C)OC(=O)NCCC(=O)Nc1cccc(NC(=O)CCc2ccc(F)cc2)c1. The van der Waals surface area contributed by atoms with Crippen LogP contribution in [0.4, 0.5) is 20.6 Å². The number of rotatable bonds is 8. The van der Waals surface area contributed by atoms with Gasteiger partial charge < -0.3 is 20.7 Å². The van der Waals surface area contributed by atoms with Gasteiger partial charge >= 0.3 is 6.09 Å². The third-order valence-corrected chi connectivity index (χ3v) is 4.00. The van der Waals surface area contributed by atoms with Crippen LogP contribution in [-0.2, 0) is 20.7 Å². The van der Waals surface area contributed by atoms with Gasteiger partial charge in [0.25, 0.3) is 0 Å². The number of halogens is 1. The van der Waals surface area contributed by atoms with E-state index < -0.39 is 11.7 Å². The Hall–Kier alpha value is -3.42. The van der Waals surface area contributed by atoms with Crippen molar-refractivity contribution in [3.05, 3.63) is 59.9 Å². The molecule has 0 bridgehead atoms. The minimum atomic E-state index is -0.601. The smallest absolute Gasteiger partial charge is 0.407 e. The quantitative estimate of drug-likeness (QED) is 0.584. The number of hydrogen-bond acceptors (Lipinski definition) is 4. The van der Waals surface area contributed by atoms with Crippen LogP contribution < -0.4 is 16.0 Å². The summed E-state index contributed by atoms with van der Waals surface area (Å²) in [5, 5.41) is 8.03. The minimum absolute atomic E-state index is 0.0769. The molecule has 0 heterocycles. The van der Waals surface area contributed by atoms with E-state index >= 15 is 0 Å². The van der Waals surface area contributed by atoms with E-state index in [0.717, 1.165) is 5.56 Å². The number of ether oxygens (including phenoxy) is 1. The summed E-state index contributed by atoms with van der Waals surface area (Å²) in [6, 6.07) is 12.8. The van der Waals surface area contributed by atoms with Crippen molar-refractivity contribution in [2.75, 3.05) is 17.2 Å². The summed E-state index contributed by atoms with van der Waals surface area (Å²) in [6.07, 6.45) is 0.241. The third-order valence-electron chi connectivity index (χ3n) is 4.00. The van der Waals surface area contributed by atoms with E-state index in [1.807, 2.05) is 0 Å². The van der Waals surface area contributed by atoms with Gasteiger partial charge in [-0.1, -0.05) is 18.2 Å². The summed E-state index contributed by atoms with van der Waals surface area (Å²) in [5.74, 6) is -0.780. The largest absolute Gasteiger partial charge is 0.444 e. The van der Waals surface area contributed by atoms with Gasteiger partial charge in [0, 0.05) is 30.8 Å². The van der Waals surface area contributed by atoms with Crippen LogP contribution in [0.5, 0.6) is 0 Å². The highest BCUT2D eigenvalue weighted by molar-refractivity contribution is 5.94. The first-order chi connectivity index (χ1) is 14.6. The van der Waals surface area contributed by atoms with Crippen molar-refractivity contribution in [1.29, 1.82) is 0 Å². The van der Waals surface area contributed by atoms with Crippen LogP contribution in [0.2, 0.25) is 0 Å². The van der Waals surface area contributed by atoms with Crippen molar-refractivity contribution in [1.82, 2.24) is 5.32 Å². The Balaban J connectivity index is 1.76. The zero-order chi connectivity index (χ0) is 22.9.